The van der Waals surface area contributed by atoms with E-state index in [2.05, 4.69) is 5.32 Å². The van der Waals surface area contributed by atoms with Gasteiger partial charge in [0.25, 0.3) is 15.9 Å². The first-order valence-electron chi connectivity index (χ1n) is 10.3. The Morgan fingerprint density at radius 1 is 1.03 bits per heavy atom. The van der Waals surface area contributed by atoms with E-state index in [1.54, 1.807) is 18.2 Å². The van der Waals surface area contributed by atoms with Gasteiger partial charge in [0.1, 0.15) is 0 Å². The summed E-state index contributed by atoms with van der Waals surface area (Å²) in [5.74, 6) is 0.968. The molecular weight excluding hydrogens is 428 g/mol. The third kappa shape index (κ3) is 3.56. The first kappa shape index (κ1) is 20.4. The predicted octanol–water partition coefficient (Wildman–Crippen LogP) is 3.49. The average molecular weight is 451 g/mol. The highest BCUT2D eigenvalue weighted by Crippen LogP contribution is 2.36. The summed E-state index contributed by atoms with van der Waals surface area (Å²) in [6.07, 6.45) is 0.658. The molecule has 3 aromatic carbocycles. The number of amides is 1. The Morgan fingerprint density at radius 2 is 1.84 bits per heavy atom. The van der Waals surface area contributed by atoms with Crippen molar-refractivity contribution in [2.45, 2.75) is 30.8 Å². The van der Waals surface area contributed by atoms with Gasteiger partial charge in [-0.3, -0.25) is 9.10 Å². The lowest BCUT2D eigenvalue weighted by Gasteiger charge is -2.24. The van der Waals surface area contributed by atoms with Crippen LogP contribution in [0.5, 0.6) is 11.5 Å². The van der Waals surface area contributed by atoms with Crippen LogP contribution in [0.15, 0.2) is 71.6 Å². The van der Waals surface area contributed by atoms with E-state index < -0.39 is 10.0 Å². The van der Waals surface area contributed by atoms with Gasteiger partial charge >= 0.3 is 0 Å². The van der Waals surface area contributed by atoms with Crippen LogP contribution in [0.25, 0.3) is 0 Å². The van der Waals surface area contributed by atoms with E-state index >= 15 is 0 Å². The van der Waals surface area contributed by atoms with Crippen LogP contribution >= 0.6 is 0 Å². The van der Waals surface area contributed by atoms with Gasteiger partial charge in [0, 0.05) is 18.2 Å². The van der Waals surface area contributed by atoms with Crippen molar-refractivity contribution in [2.75, 3.05) is 11.1 Å². The average Bonchev–Trinajstić information content (AvgIpc) is 3.40. The molecule has 0 unspecified atom stereocenters. The van der Waals surface area contributed by atoms with E-state index in [9.17, 15) is 13.2 Å². The van der Waals surface area contributed by atoms with Gasteiger partial charge in [-0.05, 0) is 60.9 Å². The summed E-state index contributed by atoms with van der Waals surface area (Å²) in [6.45, 7) is 2.36. The number of rotatable bonds is 5. The number of sulfonamides is 1. The summed E-state index contributed by atoms with van der Waals surface area (Å²) in [7, 11) is -3.81. The third-order valence-corrected chi connectivity index (χ3v) is 7.61. The molecule has 1 amide bonds. The van der Waals surface area contributed by atoms with E-state index in [1.807, 2.05) is 43.3 Å². The summed E-state index contributed by atoms with van der Waals surface area (Å²) in [6, 6.07) is 18.9. The molecule has 0 spiro atoms. The van der Waals surface area contributed by atoms with Gasteiger partial charge in [0.05, 0.1) is 10.6 Å². The molecule has 0 fully saturated rings. The fraction of sp³-hybridized carbons (Fsp3) is 0.208. The molecule has 2 heterocycles. The molecular formula is C24H22N2O5S. The summed E-state index contributed by atoms with van der Waals surface area (Å²) in [5, 5.41) is 2.84. The van der Waals surface area contributed by atoms with Gasteiger partial charge < -0.3 is 14.8 Å². The van der Waals surface area contributed by atoms with Gasteiger partial charge in [0.15, 0.2) is 11.5 Å². The number of hydrogen-bond acceptors (Lipinski definition) is 5. The number of carbonyl (C=O) groups is 1. The zero-order chi connectivity index (χ0) is 22.3. The second-order valence-electron chi connectivity index (χ2n) is 7.88. The largest absolute Gasteiger partial charge is 0.454 e. The highest BCUT2D eigenvalue weighted by atomic mass is 32.2. The molecule has 5 rings (SSSR count). The van der Waals surface area contributed by atoms with Crippen molar-refractivity contribution in [3.63, 3.8) is 0 Å². The standard InChI is InChI=1S/C24H22N2O5S/c1-16-11-18-5-2-3-8-21(18)26(16)32(28,29)20-7-4-6-19(13-20)24(27)25-14-17-9-10-22-23(12-17)31-15-30-22/h2-10,12-13,16H,11,14-15H2,1H3,(H,25,27)/t16-/m0/s1. The monoisotopic (exact) mass is 450 g/mol. The van der Waals surface area contributed by atoms with Crippen LogP contribution in [0.3, 0.4) is 0 Å². The van der Waals surface area contributed by atoms with Crippen LogP contribution in [-0.4, -0.2) is 27.2 Å². The van der Waals surface area contributed by atoms with Crippen LogP contribution in [-0.2, 0) is 23.0 Å². The topological polar surface area (TPSA) is 84.9 Å². The van der Waals surface area contributed by atoms with E-state index in [-0.39, 0.29) is 35.7 Å². The Bertz CT molecular complexity index is 1310. The molecule has 1 N–H and O–H groups in total. The van der Waals surface area contributed by atoms with Gasteiger partial charge in [-0.1, -0.05) is 30.3 Å². The van der Waals surface area contributed by atoms with E-state index in [1.165, 1.54) is 16.4 Å². The maximum atomic E-state index is 13.4. The molecule has 3 aromatic rings. The first-order valence-corrected chi connectivity index (χ1v) is 11.8. The van der Waals surface area contributed by atoms with Crippen molar-refractivity contribution < 1.29 is 22.7 Å². The number of carbonyl (C=O) groups excluding carboxylic acids is 1. The van der Waals surface area contributed by atoms with Crippen LogP contribution in [0.1, 0.15) is 28.4 Å². The lowest BCUT2D eigenvalue weighted by atomic mass is 10.1. The Kier molecular flexibility index (Phi) is 5.01. The minimum absolute atomic E-state index is 0.0942. The fourth-order valence-corrected chi connectivity index (χ4v) is 5.89. The Hall–Kier alpha value is -3.52. The number of fused-ring (bicyclic) bond motifs is 2. The quantitative estimate of drug-likeness (QED) is 0.643. The molecule has 0 saturated heterocycles. The molecule has 8 heteroatoms. The van der Waals surface area contributed by atoms with Crippen molar-refractivity contribution in [2.24, 2.45) is 0 Å². The lowest BCUT2D eigenvalue weighted by molar-refractivity contribution is 0.0950. The van der Waals surface area contributed by atoms with Crippen molar-refractivity contribution >= 4 is 21.6 Å². The van der Waals surface area contributed by atoms with Crippen LogP contribution in [0, 0.1) is 0 Å². The lowest BCUT2D eigenvalue weighted by Crippen LogP contribution is -2.35. The Labute approximate surface area is 186 Å². The molecule has 0 saturated carbocycles. The zero-order valence-electron chi connectivity index (χ0n) is 17.4. The van der Waals surface area contributed by atoms with E-state index in [4.69, 9.17) is 9.47 Å². The molecule has 0 aromatic heterocycles. The molecule has 1 atom stereocenters. The number of anilines is 1. The molecule has 32 heavy (non-hydrogen) atoms. The number of hydrogen-bond donors (Lipinski definition) is 1. The highest BCUT2D eigenvalue weighted by Gasteiger charge is 2.36. The van der Waals surface area contributed by atoms with Gasteiger partial charge in [-0.2, -0.15) is 0 Å². The minimum Gasteiger partial charge on any atom is -0.454 e. The molecule has 0 aliphatic carbocycles. The third-order valence-electron chi connectivity index (χ3n) is 5.69. The summed E-state index contributed by atoms with van der Waals surface area (Å²) in [4.78, 5) is 12.8. The van der Waals surface area contributed by atoms with Gasteiger partial charge in [-0.25, -0.2) is 8.42 Å². The molecule has 164 valence electrons. The van der Waals surface area contributed by atoms with Crippen molar-refractivity contribution in [1.82, 2.24) is 5.32 Å². The zero-order valence-corrected chi connectivity index (χ0v) is 18.3. The summed E-state index contributed by atoms with van der Waals surface area (Å²) >= 11 is 0. The molecule has 0 bridgehead atoms. The second kappa shape index (κ2) is 7.87. The number of benzene rings is 3. The molecule has 2 aliphatic heterocycles. The summed E-state index contributed by atoms with van der Waals surface area (Å²) in [5.41, 5.74) is 2.83. The fourth-order valence-electron chi connectivity index (χ4n) is 4.15. The second-order valence-corrected chi connectivity index (χ2v) is 9.70. The number of ether oxygens (including phenoxy) is 2. The number of nitrogens with one attached hydrogen (secondary N) is 1. The molecule has 0 radical (unpaired) electrons. The maximum absolute atomic E-state index is 13.4. The van der Waals surface area contributed by atoms with Crippen LogP contribution in [0.2, 0.25) is 0 Å². The molecule has 2 aliphatic rings. The van der Waals surface area contributed by atoms with E-state index in [0.29, 0.717) is 23.6 Å². The molecule has 7 nitrogen and oxygen atoms in total. The van der Waals surface area contributed by atoms with Crippen molar-refractivity contribution in [3.8, 4) is 11.5 Å². The van der Waals surface area contributed by atoms with E-state index in [0.717, 1.165) is 11.1 Å². The summed E-state index contributed by atoms with van der Waals surface area (Å²) < 4.78 is 39.0. The number of para-hydroxylation sites is 1. The normalized spacial score (nSPS) is 16.7. The maximum Gasteiger partial charge on any atom is 0.264 e. The smallest absolute Gasteiger partial charge is 0.264 e. The van der Waals surface area contributed by atoms with Gasteiger partial charge in [-0.15, -0.1) is 0 Å². The van der Waals surface area contributed by atoms with Crippen molar-refractivity contribution in [3.05, 3.63) is 83.4 Å². The van der Waals surface area contributed by atoms with Crippen molar-refractivity contribution in [1.29, 1.82) is 0 Å². The van der Waals surface area contributed by atoms with Gasteiger partial charge in [0.2, 0.25) is 6.79 Å². The Balaban J connectivity index is 1.35. The predicted molar refractivity (Wildman–Crippen MR) is 119 cm³/mol. The highest BCUT2D eigenvalue weighted by molar-refractivity contribution is 7.92. The van der Waals surface area contributed by atoms with Crippen LogP contribution in [0.4, 0.5) is 5.69 Å². The minimum atomic E-state index is -3.81. The van der Waals surface area contributed by atoms with Crippen LogP contribution < -0.4 is 19.1 Å². The Morgan fingerprint density at radius 3 is 2.72 bits per heavy atom. The SMILES string of the molecule is C[C@H]1Cc2ccccc2N1S(=O)(=O)c1cccc(C(=O)NCc2ccc3c(c2)OCO3)c1. The first-order chi connectivity index (χ1) is 15.4. The number of nitrogens with zero attached hydrogens (tertiary/aromatic N) is 1.